The van der Waals surface area contributed by atoms with Gasteiger partial charge in [0.15, 0.2) is 0 Å². The fourth-order valence-electron chi connectivity index (χ4n) is 5.43. The van der Waals surface area contributed by atoms with Crippen LogP contribution in [0.15, 0.2) is 48.5 Å². The van der Waals surface area contributed by atoms with E-state index < -0.39 is 6.04 Å². The average Bonchev–Trinajstić information content (AvgIpc) is 3.53. The van der Waals surface area contributed by atoms with E-state index in [-0.39, 0.29) is 29.7 Å². The Kier molecular flexibility index (Phi) is 8.79. The Labute approximate surface area is 214 Å². The molecule has 1 saturated heterocycles. The van der Waals surface area contributed by atoms with Crippen LogP contribution in [-0.4, -0.2) is 41.2 Å². The van der Waals surface area contributed by atoms with E-state index in [0.717, 1.165) is 49.8 Å². The second-order valence-electron chi connectivity index (χ2n) is 10.4. The number of nitrogens with zero attached hydrogens (tertiary/aromatic N) is 1. The molecule has 0 spiro atoms. The molecule has 6 heteroatoms. The third-order valence-corrected chi connectivity index (χ3v) is 7.51. The second kappa shape index (κ2) is 12.2. The number of carbonyl (C=O) groups is 3. The molecule has 2 aromatic rings. The molecule has 2 aliphatic rings. The Hall–Kier alpha value is -3.15. The summed E-state index contributed by atoms with van der Waals surface area (Å²) in [5, 5.41) is 6.14. The van der Waals surface area contributed by atoms with E-state index in [9.17, 15) is 14.4 Å². The smallest absolute Gasteiger partial charge is 0.247 e. The summed E-state index contributed by atoms with van der Waals surface area (Å²) in [6.45, 7) is 4.43. The van der Waals surface area contributed by atoms with Gasteiger partial charge in [0, 0.05) is 30.6 Å². The van der Waals surface area contributed by atoms with Gasteiger partial charge in [-0.15, -0.1) is 0 Å². The lowest BCUT2D eigenvalue weighted by molar-refractivity contribution is -0.140. The van der Waals surface area contributed by atoms with Gasteiger partial charge in [-0.2, -0.15) is 0 Å². The lowest BCUT2D eigenvalue weighted by Crippen LogP contribution is -2.45. The van der Waals surface area contributed by atoms with Gasteiger partial charge in [-0.3, -0.25) is 14.4 Å². The fraction of sp³-hybridized carbons (Fsp3) is 0.500. The molecule has 0 radical (unpaired) electrons. The summed E-state index contributed by atoms with van der Waals surface area (Å²) in [5.41, 5.74) is 4.55. The molecular formula is C30H39N3O3. The molecule has 4 rings (SSSR count). The third-order valence-electron chi connectivity index (χ3n) is 7.51. The largest absolute Gasteiger partial charge is 0.351 e. The molecule has 3 atom stereocenters. The van der Waals surface area contributed by atoms with Gasteiger partial charge in [-0.05, 0) is 67.3 Å². The van der Waals surface area contributed by atoms with E-state index in [2.05, 4.69) is 29.7 Å². The average molecular weight is 490 g/mol. The van der Waals surface area contributed by atoms with Crippen LogP contribution in [0.25, 0.3) is 0 Å². The molecule has 1 heterocycles. The molecule has 2 aromatic carbocycles. The molecule has 0 unspecified atom stereocenters. The topological polar surface area (TPSA) is 78.5 Å². The maximum absolute atomic E-state index is 13.4. The number of carbonyl (C=O) groups excluding carboxylic acids is 3. The minimum atomic E-state index is -0.589. The minimum absolute atomic E-state index is 0.00131. The predicted octanol–water partition coefficient (Wildman–Crippen LogP) is 4.66. The SMILES string of the molecule is CCCC[C@H](C)C(=O)N1C[C@H](NC(=O)CCc2ccccc2)C[C@H]1C(=O)Nc1ccc2c(c1)CCC2. The molecule has 6 nitrogen and oxygen atoms in total. The number of benzene rings is 2. The Balaban J connectivity index is 1.41. The van der Waals surface area contributed by atoms with Crippen molar-refractivity contribution in [3.8, 4) is 0 Å². The van der Waals surface area contributed by atoms with Crippen molar-refractivity contribution in [2.75, 3.05) is 11.9 Å². The number of likely N-dealkylation sites (tertiary alicyclic amines) is 1. The van der Waals surface area contributed by atoms with E-state index >= 15 is 0 Å². The molecule has 0 saturated carbocycles. The summed E-state index contributed by atoms with van der Waals surface area (Å²) in [4.78, 5) is 41.1. The van der Waals surface area contributed by atoms with Crippen LogP contribution in [0.5, 0.6) is 0 Å². The maximum Gasteiger partial charge on any atom is 0.247 e. The molecule has 2 N–H and O–H groups in total. The van der Waals surface area contributed by atoms with Crippen LogP contribution in [0.4, 0.5) is 5.69 Å². The highest BCUT2D eigenvalue weighted by atomic mass is 16.2. The molecule has 192 valence electrons. The number of anilines is 1. The number of rotatable bonds is 10. The van der Waals surface area contributed by atoms with E-state index in [1.165, 1.54) is 11.1 Å². The van der Waals surface area contributed by atoms with Crippen LogP contribution in [0.2, 0.25) is 0 Å². The molecule has 1 aliphatic carbocycles. The van der Waals surface area contributed by atoms with Crippen molar-refractivity contribution in [3.05, 3.63) is 65.2 Å². The monoisotopic (exact) mass is 489 g/mol. The van der Waals surface area contributed by atoms with Gasteiger partial charge in [-0.1, -0.05) is 63.1 Å². The first-order valence-electron chi connectivity index (χ1n) is 13.5. The zero-order valence-electron chi connectivity index (χ0n) is 21.6. The molecule has 1 aliphatic heterocycles. The summed E-state index contributed by atoms with van der Waals surface area (Å²) in [7, 11) is 0. The summed E-state index contributed by atoms with van der Waals surface area (Å²) >= 11 is 0. The van der Waals surface area contributed by atoms with E-state index in [1.54, 1.807) is 4.90 Å². The van der Waals surface area contributed by atoms with Gasteiger partial charge in [0.1, 0.15) is 6.04 Å². The van der Waals surface area contributed by atoms with Crippen LogP contribution in [0, 0.1) is 5.92 Å². The first kappa shape index (κ1) is 25.9. The van der Waals surface area contributed by atoms with Gasteiger partial charge in [-0.25, -0.2) is 0 Å². The quantitative estimate of drug-likeness (QED) is 0.510. The number of amides is 3. The lowest BCUT2D eigenvalue weighted by Gasteiger charge is -2.27. The van der Waals surface area contributed by atoms with Gasteiger partial charge >= 0.3 is 0 Å². The van der Waals surface area contributed by atoms with Gasteiger partial charge in [0.2, 0.25) is 17.7 Å². The van der Waals surface area contributed by atoms with Crippen molar-refractivity contribution in [1.29, 1.82) is 0 Å². The van der Waals surface area contributed by atoms with Crippen LogP contribution in [0.3, 0.4) is 0 Å². The van der Waals surface area contributed by atoms with Crippen LogP contribution < -0.4 is 10.6 Å². The zero-order valence-corrected chi connectivity index (χ0v) is 21.6. The summed E-state index contributed by atoms with van der Waals surface area (Å²) in [6, 6.07) is 15.2. The van der Waals surface area contributed by atoms with Crippen molar-refractivity contribution in [1.82, 2.24) is 10.2 Å². The fourth-order valence-corrected chi connectivity index (χ4v) is 5.43. The van der Waals surface area contributed by atoms with Gasteiger partial charge in [0.05, 0.1) is 0 Å². The van der Waals surface area contributed by atoms with Crippen molar-refractivity contribution in [2.45, 2.75) is 83.7 Å². The Morgan fingerprint density at radius 1 is 1.06 bits per heavy atom. The first-order valence-corrected chi connectivity index (χ1v) is 13.5. The summed E-state index contributed by atoms with van der Waals surface area (Å²) in [5.74, 6) is -0.369. The second-order valence-corrected chi connectivity index (χ2v) is 10.4. The summed E-state index contributed by atoms with van der Waals surface area (Å²) < 4.78 is 0. The van der Waals surface area contributed by atoms with Gasteiger partial charge in [0.25, 0.3) is 0 Å². The van der Waals surface area contributed by atoms with Crippen LogP contribution in [-0.2, 0) is 33.6 Å². The van der Waals surface area contributed by atoms with E-state index in [1.807, 2.05) is 43.3 Å². The zero-order chi connectivity index (χ0) is 25.5. The van der Waals surface area contributed by atoms with E-state index in [4.69, 9.17) is 0 Å². The van der Waals surface area contributed by atoms with Crippen molar-refractivity contribution in [2.24, 2.45) is 5.92 Å². The summed E-state index contributed by atoms with van der Waals surface area (Å²) in [6.07, 6.45) is 7.57. The van der Waals surface area contributed by atoms with Crippen molar-refractivity contribution >= 4 is 23.4 Å². The number of nitrogens with one attached hydrogen (secondary N) is 2. The number of hydrogen-bond acceptors (Lipinski definition) is 3. The number of fused-ring (bicyclic) bond motifs is 1. The molecule has 0 aromatic heterocycles. The highest BCUT2D eigenvalue weighted by molar-refractivity contribution is 5.98. The molecule has 36 heavy (non-hydrogen) atoms. The van der Waals surface area contributed by atoms with E-state index in [0.29, 0.717) is 25.8 Å². The number of hydrogen-bond donors (Lipinski definition) is 2. The Morgan fingerprint density at radius 2 is 1.83 bits per heavy atom. The van der Waals surface area contributed by atoms with Crippen LogP contribution in [0.1, 0.15) is 69.1 Å². The molecule has 3 amide bonds. The normalized spacial score (nSPS) is 19.6. The maximum atomic E-state index is 13.4. The molecular weight excluding hydrogens is 450 g/mol. The third kappa shape index (κ3) is 6.54. The standard InChI is InChI=1S/C30H39N3O3/c1-3-4-9-21(2)30(36)33-20-26(31-28(34)17-14-22-10-6-5-7-11-22)19-27(33)29(35)32-25-16-15-23-12-8-13-24(23)18-25/h5-7,10-11,15-16,18,21,26-27H,3-4,8-9,12-14,17,19-20H2,1-2H3,(H,31,34)(H,32,35)/t21-,26+,27-/m0/s1. The number of aryl methyl sites for hydroxylation is 3. The highest BCUT2D eigenvalue weighted by Gasteiger charge is 2.41. The van der Waals surface area contributed by atoms with Crippen molar-refractivity contribution < 1.29 is 14.4 Å². The molecule has 1 fully saturated rings. The Bertz CT molecular complexity index is 1070. The first-order chi connectivity index (χ1) is 17.4. The predicted molar refractivity (Wildman–Crippen MR) is 143 cm³/mol. The Morgan fingerprint density at radius 3 is 2.61 bits per heavy atom. The van der Waals surface area contributed by atoms with Gasteiger partial charge < -0.3 is 15.5 Å². The minimum Gasteiger partial charge on any atom is -0.351 e. The molecule has 0 bridgehead atoms. The highest BCUT2D eigenvalue weighted by Crippen LogP contribution is 2.27. The number of unbranched alkanes of at least 4 members (excludes halogenated alkanes) is 1. The lowest BCUT2D eigenvalue weighted by atomic mass is 10.0. The van der Waals surface area contributed by atoms with Crippen molar-refractivity contribution in [3.63, 3.8) is 0 Å². The van der Waals surface area contributed by atoms with Crippen LogP contribution >= 0.6 is 0 Å².